The minimum Gasteiger partial charge on any atom is -0.480 e. The fourth-order valence-electron chi connectivity index (χ4n) is 2.65. The minimum absolute atomic E-state index is 0.0109. The Kier molecular flexibility index (Phi) is 5.36. The van der Waals surface area contributed by atoms with Crippen molar-refractivity contribution in [3.8, 4) is 0 Å². The van der Waals surface area contributed by atoms with Crippen LogP contribution in [-0.4, -0.2) is 48.8 Å². The summed E-state index contributed by atoms with van der Waals surface area (Å²) in [4.78, 5) is 11.4. The molecule has 0 spiro atoms. The Balaban J connectivity index is 2.11. The Morgan fingerprint density at radius 2 is 1.58 bits per heavy atom. The highest BCUT2D eigenvalue weighted by Gasteiger charge is 2.51. The van der Waals surface area contributed by atoms with Crippen LogP contribution >= 0.6 is 0 Å². The Bertz CT molecular complexity index is 768. The summed E-state index contributed by atoms with van der Waals surface area (Å²) in [6.07, 6.45) is 1.32. The maximum absolute atomic E-state index is 11.9. The first-order chi connectivity index (χ1) is 11.7. The number of carboxylic acids is 1. The summed E-state index contributed by atoms with van der Waals surface area (Å²) in [5.74, 6) is -1.33. The Labute approximate surface area is 156 Å². The van der Waals surface area contributed by atoms with Crippen LogP contribution in [0.3, 0.4) is 0 Å². The second-order valence-electron chi connectivity index (χ2n) is 8.14. The van der Waals surface area contributed by atoms with Crippen molar-refractivity contribution in [1.29, 1.82) is 0 Å². The van der Waals surface area contributed by atoms with Gasteiger partial charge in [-0.2, -0.15) is 0 Å². The summed E-state index contributed by atoms with van der Waals surface area (Å²) in [5, 5.41) is 9.32. The van der Waals surface area contributed by atoms with E-state index in [1.54, 1.807) is 0 Å². The number of hydrogen-bond acceptors (Lipinski definition) is 5. The van der Waals surface area contributed by atoms with Crippen molar-refractivity contribution in [1.82, 2.24) is 0 Å². The molecule has 2 rings (SSSR count). The number of sulfone groups is 1. The molecule has 0 radical (unpaired) electrons. The summed E-state index contributed by atoms with van der Waals surface area (Å²) in [6.45, 7) is 9.20. The van der Waals surface area contributed by atoms with Crippen molar-refractivity contribution in [3.63, 3.8) is 0 Å². The van der Waals surface area contributed by atoms with Gasteiger partial charge in [0, 0.05) is 6.26 Å². The summed E-state index contributed by atoms with van der Waals surface area (Å²) in [6, 6.07) is 7.45. The molecule has 1 N–H and O–H groups in total. The summed E-state index contributed by atoms with van der Waals surface area (Å²) >= 11 is 0. The van der Waals surface area contributed by atoms with Crippen molar-refractivity contribution in [2.45, 2.75) is 63.4 Å². The van der Waals surface area contributed by atoms with Gasteiger partial charge in [0.25, 0.3) is 0 Å². The van der Waals surface area contributed by atoms with E-state index in [1.807, 2.05) is 52.0 Å². The number of carboxylic acid groups (broad SMARTS) is 1. The maximum atomic E-state index is 11.9. The third-order valence-electron chi connectivity index (χ3n) is 5.67. The highest BCUT2D eigenvalue weighted by molar-refractivity contribution is 7.92. The SMILES string of the molecule is CC1(C)OB(c2ccc(CC[C@](C)(C(=O)O)S(C)(=O)=O)cc2)OC1(C)C. The van der Waals surface area contributed by atoms with Gasteiger partial charge in [-0.05, 0) is 58.5 Å². The normalized spacial score (nSPS) is 21.4. The van der Waals surface area contributed by atoms with Crippen LogP contribution in [0.25, 0.3) is 0 Å². The molecule has 144 valence electrons. The average Bonchev–Trinajstić information content (AvgIpc) is 2.72. The van der Waals surface area contributed by atoms with Crippen LogP contribution in [0.5, 0.6) is 0 Å². The first-order valence-corrected chi connectivity index (χ1v) is 10.5. The molecule has 1 atom stereocenters. The smallest absolute Gasteiger partial charge is 0.480 e. The maximum Gasteiger partial charge on any atom is 0.494 e. The van der Waals surface area contributed by atoms with Gasteiger partial charge in [0.1, 0.15) is 0 Å². The van der Waals surface area contributed by atoms with E-state index in [-0.39, 0.29) is 6.42 Å². The second-order valence-corrected chi connectivity index (χ2v) is 10.6. The van der Waals surface area contributed by atoms with E-state index in [0.29, 0.717) is 6.42 Å². The molecule has 0 aliphatic carbocycles. The van der Waals surface area contributed by atoms with Crippen molar-refractivity contribution in [3.05, 3.63) is 29.8 Å². The minimum atomic E-state index is -3.72. The standard InChI is InChI=1S/C18H27BO6S/c1-16(2)17(3,4)25-19(24-16)14-9-7-13(8-10-14)11-12-18(5,15(20)21)26(6,22)23/h7-10H,11-12H2,1-6H3,(H,20,21)/t18-/m1/s1. The van der Waals surface area contributed by atoms with Crippen LogP contribution < -0.4 is 5.46 Å². The van der Waals surface area contributed by atoms with Crippen LogP contribution in [-0.2, 0) is 30.4 Å². The molecule has 1 saturated heterocycles. The largest absolute Gasteiger partial charge is 0.494 e. The van der Waals surface area contributed by atoms with Crippen molar-refractivity contribution >= 4 is 28.4 Å². The third-order valence-corrected chi connectivity index (χ3v) is 7.68. The van der Waals surface area contributed by atoms with E-state index in [1.165, 1.54) is 6.92 Å². The number of benzene rings is 1. The quantitative estimate of drug-likeness (QED) is 0.755. The molecule has 0 unspecified atom stereocenters. The first-order valence-electron chi connectivity index (χ1n) is 8.57. The van der Waals surface area contributed by atoms with E-state index in [2.05, 4.69) is 0 Å². The molecule has 1 aliphatic rings. The van der Waals surface area contributed by atoms with Gasteiger partial charge in [0.2, 0.25) is 0 Å². The van der Waals surface area contributed by atoms with Crippen LogP contribution in [0.2, 0.25) is 0 Å². The fourth-order valence-corrected chi connectivity index (χ4v) is 3.44. The molecule has 0 aromatic heterocycles. The number of carbonyl (C=O) groups is 1. The van der Waals surface area contributed by atoms with Crippen molar-refractivity contribution in [2.24, 2.45) is 0 Å². The third kappa shape index (κ3) is 3.82. The molecule has 0 bridgehead atoms. The number of hydrogen-bond donors (Lipinski definition) is 1. The first kappa shape index (κ1) is 20.9. The highest BCUT2D eigenvalue weighted by Crippen LogP contribution is 2.36. The molecule has 1 fully saturated rings. The lowest BCUT2D eigenvalue weighted by atomic mass is 9.78. The Hall–Kier alpha value is -1.38. The van der Waals surface area contributed by atoms with E-state index in [9.17, 15) is 18.3 Å². The van der Waals surface area contributed by atoms with E-state index in [4.69, 9.17) is 9.31 Å². The molecular formula is C18H27BO6S. The monoisotopic (exact) mass is 382 g/mol. The topological polar surface area (TPSA) is 89.9 Å². The van der Waals surface area contributed by atoms with E-state index >= 15 is 0 Å². The zero-order valence-electron chi connectivity index (χ0n) is 16.2. The molecule has 26 heavy (non-hydrogen) atoms. The van der Waals surface area contributed by atoms with Gasteiger partial charge in [-0.3, -0.25) is 4.79 Å². The highest BCUT2D eigenvalue weighted by atomic mass is 32.2. The van der Waals surface area contributed by atoms with Gasteiger partial charge >= 0.3 is 13.1 Å². The Morgan fingerprint density at radius 1 is 1.12 bits per heavy atom. The van der Waals surface area contributed by atoms with Gasteiger partial charge < -0.3 is 14.4 Å². The molecule has 1 aromatic carbocycles. The van der Waals surface area contributed by atoms with Gasteiger partial charge in [0.05, 0.1) is 11.2 Å². The van der Waals surface area contributed by atoms with Crippen LogP contribution in [0, 0.1) is 0 Å². The molecule has 1 aromatic rings. The van der Waals surface area contributed by atoms with Gasteiger partial charge in [-0.25, -0.2) is 8.42 Å². The predicted molar refractivity (Wildman–Crippen MR) is 101 cm³/mol. The van der Waals surface area contributed by atoms with E-state index in [0.717, 1.165) is 17.3 Å². The lowest BCUT2D eigenvalue weighted by molar-refractivity contribution is -0.139. The summed E-state index contributed by atoms with van der Waals surface area (Å²) in [5.41, 5.74) is 0.891. The molecule has 6 nitrogen and oxygen atoms in total. The average molecular weight is 382 g/mol. The zero-order valence-corrected chi connectivity index (χ0v) is 17.0. The predicted octanol–water partition coefficient (Wildman–Crippen LogP) is 1.81. The zero-order chi connectivity index (χ0) is 20.0. The second kappa shape index (κ2) is 6.66. The van der Waals surface area contributed by atoms with Crippen LogP contribution in [0.4, 0.5) is 0 Å². The molecule has 0 amide bonds. The lowest BCUT2D eigenvalue weighted by Crippen LogP contribution is -2.43. The van der Waals surface area contributed by atoms with Crippen molar-refractivity contribution < 1.29 is 27.6 Å². The number of aryl methyl sites for hydroxylation is 1. The molecular weight excluding hydrogens is 355 g/mol. The van der Waals surface area contributed by atoms with Crippen molar-refractivity contribution in [2.75, 3.05) is 6.26 Å². The molecule has 8 heteroatoms. The van der Waals surface area contributed by atoms with Crippen LogP contribution in [0.1, 0.15) is 46.6 Å². The lowest BCUT2D eigenvalue weighted by Gasteiger charge is -2.32. The van der Waals surface area contributed by atoms with Gasteiger partial charge in [-0.1, -0.05) is 24.3 Å². The molecule has 1 heterocycles. The Morgan fingerprint density at radius 3 is 1.96 bits per heavy atom. The number of aliphatic carboxylic acids is 1. The molecule has 1 aliphatic heterocycles. The summed E-state index contributed by atoms with van der Waals surface area (Å²) < 4.78 is 33.9. The fraction of sp³-hybridized carbons (Fsp3) is 0.611. The van der Waals surface area contributed by atoms with Gasteiger partial charge in [-0.15, -0.1) is 0 Å². The van der Waals surface area contributed by atoms with E-state index < -0.39 is 38.9 Å². The summed E-state index contributed by atoms with van der Waals surface area (Å²) in [7, 11) is -4.18. The van der Waals surface area contributed by atoms with Gasteiger partial charge in [0.15, 0.2) is 14.6 Å². The molecule has 0 saturated carbocycles. The van der Waals surface area contributed by atoms with Crippen LogP contribution in [0.15, 0.2) is 24.3 Å². The number of rotatable bonds is 6.